The van der Waals surface area contributed by atoms with Gasteiger partial charge in [-0.2, -0.15) is 0 Å². The van der Waals surface area contributed by atoms with Crippen LogP contribution < -0.4 is 0 Å². The molecule has 0 fully saturated rings. The number of fused-ring (bicyclic) bond motifs is 1. The molecule has 0 bridgehead atoms. The van der Waals surface area contributed by atoms with Gasteiger partial charge in [0.05, 0.1) is 16.0 Å². The van der Waals surface area contributed by atoms with E-state index in [-0.39, 0.29) is 17.5 Å². The molecule has 9 nitrogen and oxygen atoms in total. The van der Waals surface area contributed by atoms with Crippen LogP contribution in [-0.4, -0.2) is 26.1 Å². The van der Waals surface area contributed by atoms with Crippen LogP contribution in [0.3, 0.4) is 0 Å². The van der Waals surface area contributed by atoms with E-state index in [1.165, 1.54) is 24.3 Å². The Bertz CT molecular complexity index is 1250. The van der Waals surface area contributed by atoms with Gasteiger partial charge >= 0.3 is 5.97 Å². The summed E-state index contributed by atoms with van der Waals surface area (Å²) >= 11 is 0. The summed E-state index contributed by atoms with van der Waals surface area (Å²) in [5.74, 6) is -0.237. The van der Waals surface area contributed by atoms with Gasteiger partial charge in [-0.1, -0.05) is 18.2 Å². The first-order chi connectivity index (χ1) is 14.4. The number of carbonyl (C=O) groups is 1. The van der Waals surface area contributed by atoms with Crippen LogP contribution in [-0.2, 0) is 4.74 Å². The molecule has 0 aliphatic heterocycles. The first kappa shape index (κ1) is 19.2. The predicted octanol–water partition coefficient (Wildman–Crippen LogP) is 4.42. The first-order valence-corrected chi connectivity index (χ1v) is 9.08. The number of nitrogens with zero attached hydrogens (tertiary/aromatic N) is 4. The number of para-hydroxylation sites is 1. The van der Waals surface area contributed by atoms with Crippen LogP contribution in [0, 0.1) is 17.0 Å². The van der Waals surface area contributed by atoms with Crippen molar-refractivity contribution >= 4 is 22.6 Å². The molecule has 0 amide bonds. The average Bonchev–Trinajstić information content (AvgIpc) is 3.23. The second-order valence-electron chi connectivity index (χ2n) is 6.63. The Hall–Kier alpha value is -4.14. The lowest BCUT2D eigenvalue weighted by molar-refractivity contribution is -0.384. The van der Waals surface area contributed by atoms with Crippen LogP contribution in [0.5, 0.6) is 0 Å². The molecule has 0 aliphatic carbocycles. The predicted molar refractivity (Wildman–Crippen MR) is 107 cm³/mol. The number of aromatic nitrogens is 3. The zero-order valence-electron chi connectivity index (χ0n) is 16.1. The highest BCUT2D eigenvalue weighted by Crippen LogP contribution is 2.26. The van der Waals surface area contributed by atoms with E-state index >= 15 is 0 Å². The number of hydrogen-bond donors (Lipinski definition) is 0. The highest BCUT2D eigenvalue weighted by atomic mass is 16.6. The van der Waals surface area contributed by atoms with Crippen molar-refractivity contribution in [2.75, 3.05) is 0 Å². The first-order valence-electron chi connectivity index (χ1n) is 9.08. The van der Waals surface area contributed by atoms with Crippen molar-refractivity contribution in [3.05, 3.63) is 81.9 Å². The lowest BCUT2D eigenvalue weighted by Gasteiger charge is -2.11. The van der Waals surface area contributed by atoms with E-state index in [4.69, 9.17) is 9.15 Å². The third kappa shape index (κ3) is 3.72. The zero-order chi connectivity index (χ0) is 21.3. The molecule has 0 radical (unpaired) electrons. The fourth-order valence-corrected chi connectivity index (χ4v) is 2.99. The quantitative estimate of drug-likeness (QED) is 0.272. The van der Waals surface area contributed by atoms with Gasteiger partial charge in [0.25, 0.3) is 11.6 Å². The molecule has 0 unspecified atom stereocenters. The third-order valence-corrected chi connectivity index (χ3v) is 4.46. The lowest BCUT2D eigenvalue weighted by Crippen LogP contribution is -2.11. The van der Waals surface area contributed by atoms with Gasteiger partial charge in [-0.05, 0) is 38.1 Å². The molecular weight excluding hydrogens is 388 g/mol. The van der Waals surface area contributed by atoms with E-state index in [1.54, 1.807) is 19.9 Å². The summed E-state index contributed by atoms with van der Waals surface area (Å²) in [6.07, 6.45) is -0.788. The fraction of sp³-hybridized carbons (Fsp3) is 0.143. The molecule has 0 saturated carbocycles. The molecule has 2 heterocycles. The Labute approximate surface area is 170 Å². The monoisotopic (exact) mass is 404 g/mol. The summed E-state index contributed by atoms with van der Waals surface area (Å²) in [5, 5.41) is 19.3. The molecule has 150 valence electrons. The van der Waals surface area contributed by atoms with Crippen LogP contribution in [0.15, 0.2) is 59.0 Å². The number of carbonyl (C=O) groups excluding carboxylic acids is 1. The number of rotatable bonds is 5. The Morgan fingerprint density at radius 3 is 2.60 bits per heavy atom. The average molecular weight is 404 g/mol. The number of nitro benzene ring substituents is 1. The lowest BCUT2D eigenvalue weighted by atomic mass is 10.1. The standard InChI is InChI=1S/C21H16N4O5/c1-12-11-17(16-5-3-4-6-18(16)22-12)21(26)29-13(2)19-23-24-20(30-19)14-7-9-15(10-8-14)25(27)28/h3-11,13H,1-2H3/t13-/m0/s1. The van der Waals surface area contributed by atoms with Crippen molar-refractivity contribution in [3.8, 4) is 11.5 Å². The van der Waals surface area contributed by atoms with Crippen molar-refractivity contribution in [2.45, 2.75) is 20.0 Å². The second kappa shape index (κ2) is 7.70. The highest BCUT2D eigenvalue weighted by Gasteiger charge is 2.22. The van der Waals surface area contributed by atoms with Crippen LogP contribution in [0.4, 0.5) is 5.69 Å². The minimum Gasteiger partial charge on any atom is -0.449 e. The SMILES string of the molecule is Cc1cc(C(=O)O[C@@H](C)c2nnc(-c3ccc([N+](=O)[O-])cc3)o2)c2ccccc2n1. The van der Waals surface area contributed by atoms with Crippen LogP contribution in [0.2, 0.25) is 0 Å². The van der Waals surface area contributed by atoms with Gasteiger partial charge in [0.1, 0.15) is 0 Å². The number of hydrogen-bond acceptors (Lipinski definition) is 8. The van der Waals surface area contributed by atoms with E-state index in [9.17, 15) is 14.9 Å². The minimum absolute atomic E-state index is 0.0411. The van der Waals surface area contributed by atoms with Gasteiger partial charge in [-0.25, -0.2) is 4.79 Å². The van der Waals surface area contributed by atoms with Gasteiger partial charge in [-0.15, -0.1) is 10.2 Å². The zero-order valence-corrected chi connectivity index (χ0v) is 16.1. The third-order valence-electron chi connectivity index (χ3n) is 4.46. The summed E-state index contributed by atoms with van der Waals surface area (Å²) in [4.78, 5) is 27.5. The molecule has 0 saturated heterocycles. The van der Waals surface area contributed by atoms with Gasteiger partial charge in [0.2, 0.25) is 5.89 Å². The van der Waals surface area contributed by atoms with Crippen LogP contribution >= 0.6 is 0 Å². The smallest absolute Gasteiger partial charge is 0.339 e. The Balaban J connectivity index is 1.54. The van der Waals surface area contributed by atoms with E-state index in [2.05, 4.69) is 15.2 Å². The van der Waals surface area contributed by atoms with Gasteiger partial charge < -0.3 is 9.15 Å². The Kier molecular flexibility index (Phi) is 4.93. The number of non-ortho nitro benzene ring substituents is 1. The normalized spacial score (nSPS) is 11.9. The maximum absolute atomic E-state index is 12.8. The molecule has 4 rings (SSSR count). The molecule has 0 aliphatic rings. The highest BCUT2D eigenvalue weighted by molar-refractivity contribution is 6.03. The number of benzene rings is 2. The molecule has 4 aromatic rings. The molecule has 9 heteroatoms. The number of aryl methyl sites for hydroxylation is 1. The summed E-state index contributed by atoms with van der Waals surface area (Å²) in [7, 11) is 0. The van der Waals surface area contributed by atoms with Crippen molar-refractivity contribution in [1.29, 1.82) is 0 Å². The Morgan fingerprint density at radius 1 is 1.13 bits per heavy atom. The summed E-state index contributed by atoms with van der Waals surface area (Å²) in [5.41, 5.74) is 2.29. The van der Waals surface area contributed by atoms with E-state index in [0.29, 0.717) is 27.7 Å². The maximum Gasteiger partial charge on any atom is 0.339 e. The molecular formula is C21H16N4O5. The van der Waals surface area contributed by atoms with Crippen molar-refractivity contribution in [1.82, 2.24) is 15.2 Å². The summed E-state index contributed by atoms with van der Waals surface area (Å²) in [6, 6.07) is 14.7. The van der Waals surface area contributed by atoms with Crippen molar-refractivity contribution < 1.29 is 18.9 Å². The molecule has 0 N–H and O–H groups in total. The number of pyridine rings is 1. The molecule has 2 aromatic carbocycles. The molecule has 0 spiro atoms. The van der Waals surface area contributed by atoms with Gasteiger partial charge in [0, 0.05) is 28.8 Å². The maximum atomic E-state index is 12.8. The molecule has 30 heavy (non-hydrogen) atoms. The largest absolute Gasteiger partial charge is 0.449 e. The molecule has 2 aromatic heterocycles. The van der Waals surface area contributed by atoms with Crippen LogP contribution in [0.25, 0.3) is 22.4 Å². The topological polar surface area (TPSA) is 121 Å². The van der Waals surface area contributed by atoms with Gasteiger partial charge in [-0.3, -0.25) is 15.1 Å². The van der Waals surface area contributed by atoms with Crippen molar-refractivity contribution in [2.24, 2.45) is 0 Å². The molecule has 1 atom stereocenters. The fourth-order valence-electron chi connectivity index (χ4n) is 2.99. The summed E-state index contributed by atoms with van der Waals surface area (Å²) < 4.78 is 11.1. The number of ether oxygens (including phenoxy) is 1. The van der Waals surface area contributed by atoms with Crippen molar-refractivity contribution in [3.63, 3.8) is 0 Å². The summed E-state index contributed by atoms with van der Waals surface area (Å²) in [6.45, 7) is 3.43. The van der Waals surface area contributed by atoms with E-state index in [1.807, 2.05) is 24.3 Å². The Morgan fingerprint density at radius 2 is 1.87 bits per heavy atom. The number of nitro groups is 1. The minimum atomic E-state index is -0.788. The second-order valence-corrected chi connectivity index (χ2v) is 6.63. The van der Waals surface area contributed by atoms with E-state index in [0.717, 1.165) is 0 Å². The van der Waals surface area contributed by atoms with Gasteiger partial charge in [0.15, 0.2) is 6.10 Å². The van der Waals surface area contributed by atoms with E-state index < -0.39 is 17.0 Å². The number of esters is 1. The van der Waals surface area contributed by atoms with Crippen LogP contribution in [0.1, 0.15) is 35.0 Å².